The van der Waals surface area contributed by atoms with Crippen molar-refractivity contribution in [1.29, 1.82) is 0 Å². The molecule has 0 bridgehead atoms. The second-order valence-electron chi connectivity index (χ2n) is 4.06. The van der Waals surface area contributed by atoms with E-state index in [0.29, 0.717) is 18.5 Å². The summed E-state index contributed by atoms with van der Waals surface area (Å²) in [6.07, 6.45) is 1.14. The molecule has 1 atom stereocenters. The summed E-state index contributed by atoms with van der Waals surface area (Å²) in [5, 5.41) is 14.6. The van der Waals surface area contributed by atoms with Gasteiger partial charge in [-0.25, -0.2) is 4.79 Å². The van der Waals surface area contributed by atoms with Gasteiger partial charge in [-0.05, 0) is 31.5 Å². The maximum Gasteiger partial charge on any atom is 0.344 e. The van der Waals surface area contributed by atoms with Crippen LogP contribution in [0.1, 0.15) is 23.2 Å². The van der Waals surface area contributed by atoms with Crippen LogP contribution >= 0.6 is 0 Å². The van der Waals surface area contributed by atoms with Crippen molar-refractivity contribution in [3.05, 3.63) is 35.9 Å². The number of carboxylic acids is 1. The van der Waals surface area contributed by atoms with Gasteiger partial charge in [0, 0.05) is 5.56 Å². The molecule has 1 aliphatic heterocycles. The van der Waals surface area contributed by atoms with Gasteiger partial charge < -0.3 is 10.4 Å². The normalized spacial score (nSPS) is 23.3. The van der Waals surface area contributed by atoms with Crippen LogP contribution in [0, 0.1) is 0 Å². The van der Waals surface area contributed by atoms with Crippen molar-refractivity contribution in [2.75, 3.05) is 6.54 Å². The van der Waals surface area contributed by atoms with Crippen LogP contribution in [-0.4, -0.2) is 29.2 Å². The van der Waals surface area contributed by atoms with E-state index in [2.05, 4.69) is 10.6 Å². The van der Waals surface area contributed by atoms with Gasteiger partial charge in [-0.2, -0.15) is 0 Å². The van der Waals surface area contributed by atoms with Crippen molar-refractivity contribution in [3.8, 4) is 0 Å². The molecule has 5 nitrogen and oxygen atoms in total. The molecule has 17 heavy (non-hydrogen) atoms. The minimum Gasteiger partial charge on any atom is -0.478 e. The number of aliphatic carboxylic acids is 1. The lowest BCUT2D eigenvalue weighted by Gasteiger charge is -2.25. The minimum absolute atomic E-state index is 0.373. The van der Waals surface area contributed by atoms with Crippen LogP contribution in [0.25, 0.3) is 0 Å². The van der Waals surface area contributed by atoms with E-state index in [-0.39, 0.29) is 5.91 Å². The fraction of sp³-hybridized carbons (Fsp3) is 0.333. The van der Waals surface area contributed by atoms with Crippen LogP contribution < -0.4 is 10.6 Å². The lowest BCUT2D eigenvalue weighted by atomic mass is 10.1. The van der Waals surface area contributed by atoms with Crippen LogP contribution in [0.5, 0.6) is 0 Å². The summed E-state index contributed by atoms with van der Waals surface area (Å²) < 4.78 is 0. The van der Waals surface area contributed by atoms with Gasteiger partial charge in [0.15, 0.2) is 5.66 Å². The third-order valence-corrected chi connectivity index (χ3v) is 2.88. The second-order valence-corrected chi connectivity index (χ2v) is 4.06. The van der Waals surface area contributed by atoms with Crippen LogP contribution in [0.2, 0.25) is 0 Å². The van der Waals surface area contributed by atoms with E-state index in [1.807, 2.05) is 0 Å². The number of carboxylic acid groups (broad SMARTS) is 1. The lowest BCUT2D eigenvalue weighted by molar-refractivity contribution is -0.145. The number of carbonyl (C=O) groups is 2. The predicted octanol–water partition coefficient (Wildman–Crippen LogP) is 0.581. The maximum atomic E-state index is 11.9. The van der Waals surface area contributed by atoms with E-state index in [9.17, 15) is 14.7 Å². The summed E-state index contributed by atoms with van der Waals surface area (Å²) >= 11 is 0. The monoisotopic (exact) mass is 234 g/mol. The first kappa shape index (κ1) is 11.6. The Balaban J connectivity index is 2.15. The quantitative estimate of drug-likeness (QED) is 0.715. The first-order valence-corrected chi connectivity index (χ1v) is 5.50. The van der Waals surface area contributed by atoms with E-state index >= 15 is 0 Å². The molecule has 1 heterocycles. The zero-order valence-corrected chi connectivity index (χ0v) is 9.27. The summed E-state index contributed by atoms with van der Waals surface area (Å²) in [5.74, 6) is -1.42. The fourth-order valence-corrected chi connectivity index (χ4v) is 1.94. The number of hydrogen-bond donors (Lipinski definition) is 3. The Labute approximate surface area is 98.8 Å². The molecule has 1 saturated heterocycles. The minimum atomic E-state index is -1.31. The highest BCUT2D eigenvalue weighted by molar-refractivity contribution is 5.97. The average molecular weight is 234 g/mol. The Morgan fingerprint density at radius 2 is 2.00 bits per heavy atom. The Kier molecular flexibility index (Phi) is 3.10. The predicted molar refractivity (Wildman–Crippen MR) is 61.5 cm³/mol. The molecule has 0 saturated carbocycles. The molecule has 1 aromatic carbocycles. The molecule has 1 aromatic rings. The third kappa shape index (κ3) is 2.29. The molecule has 0 spiro atoms. The molecule has 0 aromatic heterocycles. The molecule has 1 amide bonds. The fourth-order valence-electron chi connectivity index (χ4n) is 1.94. The Hall–Kier alpha value is -1.88. The SMILES string of the molecule is O=C(N[C@@]1(C(=O)O)CCCN1)c1ccccc1. The van der Waals surface area contributed by atoms with E-state index in [0.717, 1.165) is 6.42 Å². The summed E-state index contributed by atoms with van der Waals surface area (Å²) in [6, 6.07) is 8.59. The largest absolute Gasteiger partial charge is 0.478 e. The Morgan fingerprint density at radius 3 is 2.53 bits per heavy atom. The molecule has 2 rings (SSSR count). The molecule has 0 aliphatic carbocycles. The van der Waals surface area contributed by atoms with Gasteiger partial charge in [0.25, 0.3) is 5.91 Å². The highest BCUT2D eigenvalue weighted by atomic mass is 16.4. The van der Waals surface area contributed by atoms with Crippen molar-refractivity contribution in [3.63, 3.8) is 0 Å². The summed E-state index contributed by atoms with van der Waals surface area (Å²) in [6.45, 7) is 0.599. The molecule has 90 valence electrons. The number of carbonyl (C=O) groups excluding carboxylic acids is 1. The zero-order chi connectivity index (χ0) is 12.3. The van der Waals surface area contributed by atoms with Crippen molar-refractivity contribution < 1.29 is 14.7 Å². The van der Waals surface area contributed by atoms with Gasteiger partial charge in [0.2, 0.25) is 0 Å². The summed E-state index contributed by atoms with van der Waals surface area (Å²) in [7, 11) is 0. The first-order chi connectivity index (χ1) is 8.14. The van der Waals surface area contributed by atoms with Crippen molar-refractivity contribution in [1.82, 2.24) is 10.6 Å². The van der Waals surface area contributed by atoms with Crippen LogP contribution in [-0.2, 0) is 4.79 Å². The number of benzene rings is 1. The Morgan fingerprint density at radius 1 is 1.29 bits per heavy atom. The van der Waals surface area contributed by atoms with Gasteiger partial charge in [0.1, 0.15) is 0 Å². The van der Waals surface area contributed by atoms with Crippen molar-refractivity contribution in [2.45, 2.75) is 18.5 Å². The molecule has 1 fully saturated rings. The highest BCUT2D eigenvalue weighted by Crippen LogP contribution is 2.17. The number of nitrogens with one attached hydrogen (secondary N) is 2. The Bertz CT molecular complexity index is 425. The van der Waals surface area contributed by atoms with Gasteiger partial charge in [-0.15, -0.1) is 0 Å². The lowest BCUT2D eigenvalue weighted by Crippen LogP contribution is -2.60. The maximum absolute atomic E-state index is 11.9. The first-order valence-electron chi connectivity index (χ1n) is 5.50. The van der Waals surface area contributed by atoms with Crippen LogP contribution in [0.4, 0.5) is 0 Å². The van der Waals surface area contributed by atoms with Crippen molar-refractivity contribution in [2.24, 2.45) is 0 Å². The van der Waals surface area contributed by atoms with Gasteiger partial charge in [-0.3, -0.25) is 10.1 Å². The van der Waals surface area contributed by atoms with Gasteiger partial charge >= 0.3 is 5.97 Å². The number of hydrogen-bond acceptors (Lipinski definition) is 3. The standard InChI is InChI=1S/C12H14N2O3/c15-10(9-5-2-1-3-6-9)14-12(11(16)17)7-4-8-13-12/h1-3,5-6,13H,4,7-8H2,(H,14,15)(H,16,17)/t12-/m1/s1. The number of rotatable bonds is 3. The molecule has 1 aliphatic rings. The average Bonchev–Trinajstić information content (AvgIpc) is 2.80. The van der Waals surface area contributed by atoms with Gasteiger partial charge in [-0.1, -0.05) is 18.2 Å². The third-order valence-electron chi connectivity index (χ3n) is 2.88. The highest BCUT2D eigenvalue weighted by Gasteiger charge is 2.42. The van der Waals surface area contributed by atoms with Crippen molar-refractivity contribution >= 4 is 11.9 Å². The van der Waals surface area contributed by atoms with Gasteiger partial charge in [0.05, 0.1) is 0 Å². The van der Waals surface area contributed by atoms with Crippen LogP contribution in [0.3, 0.4) is 0 Å². The van der Waals surface area contributed by atoms with E-state index < -0.39 is 11.6 Å². The molecule has 0 radical (unpaired) electrons. The second kappa shape index (κ2) is 4.55. The summed E-state index contributed by atoms with van der Waals surface area (Å²) in [4.78, 5) is 23.1. The molecule has 5 heteroatoms. The molecule has 0 unspecified atom stereocenters. The zero-order valence-electron chi connectivity index (χ0n) is 9.27. The molecular weight excluding hydrogens is 220 g/mol. The van der Waals surface area contributed by atoms with Crippen LogP contribution in [0.15, 0.2) is 30.3 Å². The topological polar surface area (TPSA) is 78.4 Å². The van der Waals surface area contributed by atoms with E-state index in [1.165, 1.54) is 0 Å². The van der Waals surface area contributed by atoms with E-state index in [1.54, 1.807) is 30.3 Å². The summed E-state index contributed by atoms with van der Waals surface area (Å²) in [5.41, 5.74) is -0.853. The van der Waals surface area contributed by atoms with E-state index in [4.69, 9.17) is 0 Å². The number of amides is 1. The smallest absolute Gasteiger partial charge is 0.344 e. The molecule has 3 N–H and O–H groups in total. The molecular formula is C12H14N2O3.